The van der Waals surface area contributed by atoms with Crippen LogP contribution in [0, 0.1) is 0 Å². The van der Waals surface area contributed by atoms with Crippen molar-refractivity contribution in [2.24, 2.45) is 0 Å². The Morgan fingerprint density at radius 1 is 0.523 bits per heavy atom. The first-order valence-corrected chi connectivity index (χ1v) is 19.7. The van der Waals surface area contributed by atoms with E-state index >= 15 is 0 Å². The number of ether oxygens (including phenoxy) is 2. The number of fused-ring (bicyclic) bond motifs is 1. The Labute approximate surface area is 275 Å². The van der Waals surface area contributed by atoms with Crippen LogP contribution in [-0.4, -0.2) is 43.0 Å². The largest absolute Gasteiger partial charge is 0.344 e. The molecule has 44 heavy (non-hydrogen) atoms. The minimum absolute atomic E-state index is 0.278. The van der Waals surface area contributed by atoms with Crippen molar-refractivity contribution in [3.8, 4) is 0 Å². The third-order valence-electron chi connectivity index (χ3n) is 9.76. The molecule has 3 heteroatoms. The van der Waals surface area contributed by atoms with E-state index in [1.165, 1.54) is 148 Å². The van der Waals surface area contributed by atoms with Crippen LogP contribution in [0.1, 0.15) is 187 Å². The molecule has 256 valence electrons. The van der Waals surface area contributed by atoms with Crippen LogP contribution in [0.5, 0.6) is 0 Å². The highest BCUT2D eigenvalue weighted by Crippen LogP contribution is 2.40. The Morgan fingerprint density at radius 3 is 1.50 bits per heavy atom. The summed E-state index contributed by atoms with van der Waals surface area (Å²) in [6.07, 6.45) is 49.8. The summed E-state index contributed by atoms with van der Waals surface area (Å²) >= 11 is 0. The van der Waals surface area contributed by atoms with Gasteiger partial charge >= 0.3 is 0 Å². The highest BCUT2D eigenvalue weighted by Gasteiger charge is 2.48. The van der Waals surface area contributed by atoms with E-state index in [0.717, 1.165) is 38.8 Å². The van der Waals surface area contributed by atoms with Crippen molar-refractivity contribution in [1.82, 2.24) is 4.90 Å². The smallest absolute Gasteiger partial charge is 0.169 e. The number of hydrogen-bond donors (Lipinski definition) is 0. The van der Waals surface area contributed by atoms with Crippen LogP contribution in [0.15, 0.2) is 36.5 Å². The van der Waals surface area contributed by atoms with Crippen LogP contribution < -0.4 is 0 Å². The van der Waals surface area contributed by atoms with Crippen molar-refractivity contribution in [3.63, 3.8) is 0 Å². The summed E-state index contributed by atoms with van der Waals surface area (Å²) in [5.74, 6) is -0.305. The van der Waals surface area contributed by atoms with Crippen molar-refractivity contribution in [2.45, 2.75) is 205 Å². The van der Waals surface area contributed by atoms with Gasteiger partial charge in [0.25, 0.3) is 0 Å². The molecule has 2 saturated heterocycles. The second-order valence-corrected chi connectivity index (χ2v) is 14.1. The van der Waals surface area contributed by atoms with Gasteiger partial charge in [-0.2, -0.15) is 0 Å². The first-order chi connectivity index (χ1) is 21.7. The molecule has 0 amide bonds. The first kappa shape index (κ1) is 39.3. The van der Waals surface area contributed by atoms with E-state index in [0.29, 0.717) is 6.10 Å². The first-order valence-electron chi connectivity index (χ1n) is 19.7. The molecule has 0 saturated carbocycles. The van der Waals surface area contributed by atoms with Crippen molar-refractivity contribution in [1.29, 1.82) is 0 Å². The number of hydrogen-bond acceptors (Lipinski definition) is 3. The SMILES string of the molecule is CCCC/C=C/CCCCCCCCCCC1(CCCCCCCC/C=C\C/C=C\CCCCC)OC2CCN(C)CC2O1. The number of rotatable bonds is 29. The Kier molecular flexibility index (Phi) is 24.3. The monoisotopic (exact) mass is 614 g/mol. The molecule has 3 atom stereocenters. The van der Waals surface area contributed by atoms with E-state index in [1.54, 1.807) is 0 Å². The lowest BCUT2D eigenvalue weighted by Gasteiger charge is -2.29. The highest BCUT2D eigenvalue weighted by atomic mass is 16.8. The third kappa shape index (κ3) is 19.6. The minimum atomic E-state index is -0.305. The quantitative estimate of drug-likeness (QED) is 0.0619. The van der Waals surface area contributed by atoms with Gasteiger partial charge in [0.1, 0.15) is 0 Å². The number of unbranched alkanes of at least 4 members (excludes halogenated alkanes) is 19. The summed E-state index contributed by atoms with van der Waals surface area (Å²) in [4.78, 5) is 2.42. The zero-order valence-electron chi connectivity index (χ0n) is 29.9. The summed E-state index contributed by atoms with van der Waals surface area (Å²) in [6.45, 7) is 6.71. The number of likely N-dealkylation sites (tertiary alicyclic amines) is 1. The zero-order chi connectivity index (χ0) is 31.4. The van der Waals surface area contributed by atoms with Crippen molar-refractivity contribution < 1.29 is 9.47 Å². The molecule has 2 heterocycles. The molecule has 0 aromatic rings. The summed E-state index contributed by atoms with van der Waals surface area (Å²) in [7, 11) is 2.23. The molecular weight excluding hydrogens is 538 g/mol. The maximum absolute atomic E-state index is 6.78. The van der Waals surface area contributed by atoms with Gasteiger partial charge in [-0.05, 0) is 77.7 Å². The van der Waals surface area contributed by atoms with Gasteiger partial charge in [-0.1, -0.05) is 140 Å². The molecule has 0 aromatic heterocycles. The van der Waals surface area contributed by atoms with Gasteiger partial charge in [0.05, 0.1) is 12.2 Å². The molecule has 0 aliphatic carbocycles. The van der Waals surface area contributed by atoms with Gasteiger partial charge < -0.3 is 14.4 Å². The van der Waals surface area contributed by atoms with E-state index in [-0.39, 0.29) is 11.9 Å². The maximum Gasteiger partial charge on any atom is 0.169 e. The topological polar surface area (TPSA) is 21.7 Å². The van der Waals surface area contributed by atoms with E-state index in [4.69, 9.17) is 9.47 Å². The number of likely N-dealkylation sites (N-methyl/N-ethyl adjacent to an activating group) is 1. The highest BCUT2D eigenvalue weighted by molar-refractivity contribution is 4.93. The second-order valence-electron chi connectivity index (χ2n) is 14.1. The lowest BCUT2D eigenvalue weighted by Crippen LogP contribution is -2.43. The lowest BCUT2D eigenvalue weighted by atomic mass is 9.98. The van der Waals surface area contributed by atoms with Gasteiger partial charge in [0, 0.05) is 25.9 Å². The van der Waals surface area contributed by atoms with Crippen LogP contribution in [0.3, 0.4) is 0 Å². The van der Waals surface area contributed by atoms with Gasteiger partial charge in [0.15, 0.2) is 5.79 Å². The predicted octanol–water partition coefficient (Wildman–Crippen LogP) is 12.7. The van der Waals surface area contributed by atoms with E-state index in [9.17, 15) is 0 Å². The van der Waals surface area contributed by atoms with Crippen LogP contribution >= 0.6 is 0 Å². The molecule has 0 bridgehead atoms. The molecule has 0 radical (unpaired) electrons. The fourth-order valence-electron chi connectivity index (χ4n) is 6.90. The van der Waals surface area contributed by atoms with Crippen LogP contribution in [-0.2, 0) is 9.47 Å². The number of piperidine rings is 1. The van der Waals surface area contributed by atoms with Gasteiger partial charge in [-0.15, -0.1) is 0 Å². The molecule has 0 spiro atoms. The second kappa shape index (κ2) is 27.2. The Balaban J connectivity index is 1.53. The molecule has 2 aliphatic heterocycles. The standard InChI is InChI=1S/C41H75NO2/c1-4-6-8-10-12-14-16-18-20-21-23-25-27-29-31-33-36-41(43-39-34-37-42(3)38-40(39)44-41)35-32-30-28-26-24-22-19-17-15-13-11-9-7-5-2/h11-14,18,20,39-40H,4-10,15-17,19,21-38H2,1-3H3/b13-11+,14-12-,20-18-. The Bertz CT molecular complexity index is 730. The van der Waals surface area contributed by atoms with E-state index in [1.807, 2.05) is 0 Å². The molecule has 0 aromatic carbocycles. The average molecular weight is 614 g/mol. The van der Waals surface area contributed by atoms with Crippen molar-refractivity contribution in [3.05, 3.63) is 36.5 Å². The summed E-state index contributed by atoms with van der Waals surface area (Å²) < 4.78 is 13.6. The molecule has 3 unspecified atom stereocenters. The molecule has 3 nitrogen and oxygen atoms in total. The van der Waals surface area contributed by atoms with E-state index < -0.39 is 0 Å². The Hall–Kier alpha value is -0.900. The minimum Gasteiger partial charge on any atom is -0.344 e. The lowest BCUT2D eigenvalue weighted by molar-refractivity contribution is -0.185. The molecule has 2 fully saturated rings. The van der Waals surface area contributed by atoms with Gasteiger partial charge in [0.2, 0.25) is 0 Å². The van der Waals surface area contributed by atoms with Crippen molar-refractivity contribution >= 4 is 0 Å². The molecule has 0 N–H and O–H groups in total. The third-order valence-corrected chi connectivity index (χ3v) is 9.76. The van der Waals surface area contributed by atoms with E-state index in [2.05, 4.69) is 62.3 Å². The number of allylic oxidation sites excluding steroid dienone is 6. The fraction of sp³-hybridized carbons (Fsp3) is 0.854. The summed E-state index contributed by atoms with van der Waals surface area (Å²) in [5.41, 5.74) is 0. The van der Waals surface area contributed by atoms with Crippen LogP contribution in [0.25, 0.3) is 0 Å². The van der Waals surface area contributed by atoms with Gasteiger partial charge in [-0.3, -0.25) is 0 Å². The average Bonchev–Trinajstić information content (AvgIpc) is 3.38. The molecular formula is C41H75NO2. The molecule has 2 aliphatic rings. The predicted molar refractivity (Wildman–Crippen MR) is 193 cm³/mol. The van der Waals surface area contributed by atoms with Gasteiger partial charge in [-0.25, -0.2) is 0 Å². The van der Waals surface area contributed by atoms with Crippen molar-refractivity contribution in [2.75, 3.05) is 20.1 Å². The normalized spacial score (nSPS) is 22.7. The summed E-state index contributed by atoms with van der Waals surface area (Å²) in [6, 6.07) is 0. The Morgan fingerprint density at radius 2 is 0.955 bits per heavy atom. The molecule has 2 rings (SSSR count). The maximum atomic E-state index is 6.78. The zero-order valence-corrected chi connectivity index (χ0v) is 29.9. The summed E-state index contributed by atoms with van der Waals surface area (Å²) in [5, 5.41) is 0. The van der Waals surface area contributed by atoms with Crippen LogP contribution in [0.2, 0.25) is 0 Å². The number of nitrogens with zero attached hydrogens (tertiary/aromatic N) is 1. The fourth-order valence-corrected chi connectivity index (χ4v) is 6.90. The van der Waals surface area contributed by atoms with Crippen LogP contribution in [0.4, 0.5) is 0 Å².